The average molecular weight is 385 g/mol. The van der Waals surface area contributed by atoms with Gasteiger partial charge in [0.1, 0.15) is 0 Å². The van der Waals surface area contributed by atoms with E-state index in [1.54, 1.807) is 6.92 Å². The first-order valence-electron chi connectivity index (χ1n) is 8.92. The van der Waals surface area contributed by atoms with Gasteiger partial charge in [0.2, 0.25) is 15.9 Å². The van der Waals surface area contributed by atoms with Crippen molar-refractivity contribution in [3.8, 4) is 0 Å². The maximum absolute atomic E-state index is 13.4. The molecule has 1 aliphatic carbocycles. The van der Waals surface area contributed by atoms with Crippen molar-refractivity contribution in [2.45, 2.75) is 38.0 Å². The van der Waals surface area contributed by atoms with Crippen molar-refractivity contribution in [2.24, 2.45) is 0 Å². The zero-order valence-electron chi connectivity index (χ0n) is 14.6. The van der Waals surface area contributed by atoms with Crippen LogP contribution in [0.25, 0.3) is 0 Å². The zero-order valence-corrected chi connectivity index (χ0v) is 16.2. The molecule has 0 radical (unpaired) electrons. The Balaban J connectivity index is 1.79. The molecule has 138 valence electrons. The highest BCUT2D eigenvalue weighted by Crippen LogP contribution is 2.43. The summed E-state index contributed by atoms with van der Waals surface area (Å²) in [5.41, 5.74) is 0.488. The van der Waals surface area contributed by atoms with Crippen LogP contribution in [0.4, 0.5) is 0 Å². The van der Waals surface area contributed by atoms with E-state index in [1.165, 1.54) is 4.31 Å². The van der Waals surface area contributed by atoms with Gasteiger partial charge in [-0.05, 0) is 37.5 Å². The van der Waals surface area contributed by atoms with Gasteiger partial charge in [-0.25, -0.2) is 8.42 Å². The lowest BCUT2D eigenvalue weighted by atomic mass is 9.77. The predicted octanol–water partition coefficient (Wildman–Crippen LogP) is 2.65. The number of benzene rings is 1. The fourth-order valence-electron chi connectivity index (χ4n) is 4.05. The number of rotatable bonds is 4. The second-order valence-electron chi connectivity index (χ2n) is 6.89. The van der Waals surface area contributed by atoms with Crippen molar-refractivity contribution < 1.29 is 13.2 Å². The van der Waals surface area contributed by atoms with E-state index < -0.39 is 15.4 Å². The number of sulfonamides is 1. The molecule has 0 bridgehead atoms. The summed E-state index contributed by atoms with van der Waals surface area (Å²) in [4.78, 5) is 15.2. The largest absolute Gasteiger partial charge is 0.339 e. The summed E-state index contributed by atoms with van der Waals surface area (Å²) in [5.74, 6) is 0.230. The van der Waals surface area contributed by atoms with Crippen LogP contribution in [0.15, 0.2) is 24.3 Å². The second kappa shape index (κ2) is 7.25. The van der Waals surface area contributed by atoms with Crippen molar-refractivity contribution >= 4 is 27.5 Å². The number of halogens is 1. The smallest absolute Gasteiger partial charge is 0.233 e. The fraction of sp³-hybridized carbons (Fsp3) is 0.611. The van der Waals surface area contributed by atoms with Crippen LogP contribution in [0.2, 0.25) is 5.02 Å². The van der Waals surface area contributed by atoms with Crippen LogP contribution in [0.1, 0.15) is 38.2 Å². The Kier molecular flexibility index (Phi) is 5.42. The number of nitrogens with zero attached hydrogens (tertiary/aromatic N) is 2. The molecule has 1 saturated carbocycles. The Morgan fingerprint density at radius 2 is 1.80 bits per heavy atom. The number of carbonyl (C=O) groups is 1. The highest BCUT2D eigenvalue weighted by molar-refractivity contribution is 7.89. The highest BCUT2D eigenvalue weighted by Gasteiger charge is 2.45. The minimum atomic E-state index is -3.18. The number of piperazine rings is 1. The van der Waals surface area contributed by atoms with Gasteiger partial charge in [0, 0.05) is 31.2 Å². The quantitative estimate of drug-likeness (QED) is 0.801. The number of hydrogen-bond donors (Lipinski definition) is 0. The van der Waals surface area contributed by atoms with E-state index in [1.807, 2.05) is 29.2 Å². The molecule has 1 aliphatic heterocycles. The SMILES string of the molecule is CCS(=O)(=O)N1CCN(C(=O)C2(c3cccc(Cl)c3)CCCC2)CC1. The lowest BCUT2D eigenvalue weighted by molar-refractivity contribution is -0.138. The third kappa shape index (κ3) is 3.57. The maximum Gasteiger partial charge on any atom is 0.233 e. The van der Waals surface area contributed by atoms with E-state index >= 15 is 0 Å². The Morgan fingerprint density at radius 3 is 2.36 bits per heavy atom. The summed E-state index contributed by atoms with van der Waals surface area (Å²) < 4.78 is 25.5. The Morgan fingerprint density at radius 1 is 1.16 bits per heavy atom. The lowest BCUT2D eigenvalue weighted by Gasteiger charge is -2.39. The van der Waals surface area contributed by atoms with Crippen molar-refractivity contribution in [2.75, 3.05) is 31.9 Å². The van der Waals surface area contributed by atoms with E-state index in [-0.39, 0.29) is 11.7 Å². The number of hydrogen-bond acceptors (Lipinski definition) is 3. The van der Waals surface area contributed by atoms with E-state index in [0.29, 0.717) is 31.2 Å². The lowest BCUT2D eigenvalue weighted by Crippen LogP contribution is -2.55. The molecule has 0 N–H and O–H groups in total. The summed E-state index contributed by atoms with van der Waals surface area (Å²) in [6.07, 6.45) is 3.73. The van der Waals surface area contributed by atoms with Gasteiger partial charge in [-0.15, -0.1) is 0 Å². The van der Waals surface area contributed by atoms with Crippen molar-refractivity contribution in [1.82, 2.24) is 9.21 Å². The van der Waals surface area contributed by atoms with Gasteiger partial charge in [-0.2, -0.15) is 4.31 Å². The molecule has 1 saturated heterocycles. The summed E-state index contributed by atoms with van der Waals surface area (Å²) in [6, 6.07) is 7.62. The molecule has 0 spiro atoms. The molecule has 0 aromatic heterocycles. The third-order valence-electron chi connectivity index (χ3n) is 5.53. The molecule has 25 heavy (non-hydrogen) atoms. The van der Waals surface area contributed by atoms with E-state index in [4.69, 9.17) is 11.6 Å². The average Bonchev–Trinajstić information content (AvgIpc) is 3.12. The fourth-order valence-corrected chi connectivity index (χ4v) is 5.32. The van der Waals surface area contributed by atoms with Gasteiger partial charge in [0.25, 0.3) is 0 Å². The molecule has 0 unspecified atom stereocenters. The van der Waals surface area contributed by atoms with Crippen LogP contribution in [-0.2, 0) is 20.2 Å². The van der Waals surface area contributed by atoms with Gasteiger partial charge in [-0.1, -0.05) is 36.6 Å². The second-order valence-corrected chi connectivity index (χ2v) is 9.59. The van der Waals surface area contributed by atoms with E-state index in [9.17, 15) is 13.2 Å². The normalized spacial score (nSPS) is 21.4. The zero-order chi connectivity index (χ0) is 18.1. The third-order valence-corrected chi connectivity index (χ3v) is 7.64. The maximum atomic E-state index is 13.4. The molecule has 1 aromatic carbocycles. The van der Waals surface area contributed by atoms with Crippen LogP contribution in [0.5, 0.6) is 0 Å². The molecule has 7 heteroatoms. The summed E-state index contributed by atoms with van der Waals surface area (Å²) in [6.45, 7) is 3.33. The molecule has 1 amide bonds. The van der Waals surface area contributed by atoms with E-state index in [0.717, 1.165) is 31.2 Å². The van der Waals surface area contributed by atoms with Crippen molar-refractivity contribution in [1.29, 1.82) is 0 Å². The number of amides is 1. The molecular weight excluding hydrogens is 360 g/mol. The van der Waals surface area contributed by atoms with Gasteiger partial charge < -0.3 is 4.90 Å². The van der Waals surface area contributed by atoms with Crippen LogP contribution in [0, 0.1) is 0 Å². The van der Waals surface area contributed by atoms with Crippen LogP contribution in [0.3, 0.4) is 0 Å². The number of carbonyl (C=O) groups excluding carboxylic acids is 1. The van der Waals surface area contributed by atoms with Gasteiger partial charge in [0.05, 0.1) is 11.2 Å². The van der Waals surface area contributed by atoms with Gasteiger partial charge in [-0.3, -0.25) is 4.79 Å². The minimum Gasteiger partial charge on any atom is -0.339 e. The topological polar surface area (TPSA) is 57.7 Å². The molecule has 0 atom stereocenters. The van der Waals surface area contributed by atoms with Crippen molar-refractivity contribution in [3.05, 3.63) is 34.9 Å². The van der Waals surface area contributed by atoms with Crippen LogP contribution < -0.4 is 0 Å². The molecule has 1 aromatic rings. The Labute approximate surface area is 155 Å². The highest BCUT2D eigenvalue weighted by atomic mass is 35.5. The summed E-state index contributed by atoms with van der Waals surface area (Å²) in [7, 11) is -3.18. The molecule has 3 rings (SSSR count). The predicted molar refractivity (Wildman–Crippen MR) is 99.2 cm³/mol. The van der Waals surface area contributed by atoms with Gasteiger partial charge in [0.15, 0.2) is 0 Å². The van der Waals surface area contributed by atoms with Gasteiger partial charge >= 0.3 is 0 Å². The summed E-state index contributed by atoms with van der Waals surface area (Å²) in [5, 5.41) is 0.649. The van der Waals surface area contributed by atoms with Crippen LogP contribution >= 0.6 is 11.6 Å². The van der Waals surface area contributed by atoms with Crippen LogP contribution in [-0.4, -0.2) is 55.5 Å². The molecule has 2 fully saturated rings. The van der Waals surface area contributed by atoms with E-state index in [2.05, 4.69) is 0 Å². The first-order valence-corrected chi connectivity index (χ1v) is 10.9. The molecule has 1 heterocycles. The standard InChI is InChI=1S/C18H25ClN2O3S/c1-2-25(23,24)21-12-10-20(11-13-21)17(22)18(8-3-4-9-18)15-6-5-7-16(19)14-15/h5-7,14H,2-4,8-13H2,1H3. The molecular formula is C18H25ClN2O3S. The first kappa shape index (κ1) is 18.7. The Bertz CT molecular complexity index is 736. The monoisotopic (exact) mass is 384 g/mol. The summed E-state index contributed by atoms with van der Waals surface area (Å²) >= 11 is 6.16. The van der Waals surface area contributed by atoms with Crippen molar-refractivity contribution in [3.63, 3.8) is 0 Å². The molecule has 2 aliphatic rings. The minimum absolute atomic E-state index is 0.105. The first-order chi connectivity index (χ1) is 11.9. The Hall–Kier alpha value is -1.11. The molecule has 5 nitrogen and oxygen atoms in total.